The van der Waals surface area contributed by atoms with Crippen LogP contribution >= 0.6 is 0 Å². The summed E-state index contributed by atoms with van der Waals surface area (Å²) in [6, 6.07) is 4.83. The van der Waals surface area contributed by atoms with Crippen LogP contribution in [0.25, 0.3) is 0 Å². The summed E-state index contributed by atoms with van der Waals surface area (Å²) in [5, 5.41) is 3.20. The monoisotopic (exact) mass is 224 g/mol. The largest absolute Gasteiger partial charge is 0.395 e. The molecule has 1 unspecified atom stereocenters. The maximum atomic E-state index is 13.2. The maximum absolute atomic E-state index is 13.2. The van der Waals surface area contributed by atoms with Gasteiger partial charge in [0, 0.05) is 6.54 Å². The van der Waals surface area contributed by atoms with Crippen molar-refractivity contribution >= 4 is 11.4 Å². The molecule has 2 nitrogen and oxygen atoms in total. The van der Waals surface area contributed by atoms with Crippen molar-refractivity contribution in [1.82, 2.24) is 0 Å². The molecule has 3 N–H and O–H groups in total. The van der Waals surface area contributed by atoms with E-state index in [1.807, 2.05) is 0 Å². The Kier molecular flexibility index (Phi) is 3.79. The van der Waals surface area contributed by atoms with Gasteiger partial charge in [0.05, 0.1) is 11.4 Å². The van der Waals surface area contributed by atoms with Gasteiger partial charge in [-0.2, -0.15) is 0 Å². The zero-order chi connectivity index (χ0) is 12.3. The third kappa shape index (κ3) is 3.12. The third-order valence-corrected chi connectivity index (χ3v) is 3.13. The van der Waals surface area contributed by atoms with Crippen LogP contribution in [-0.4, -0.2) is 6.54 Å². The number of nitrogens with two attached hydrogens (primary N) is 1. The molecule has 0 fully saturated rings. The normalized spacial score (nSPS) is 13.6. The minimum Gasteiger partial charge on any atom is -0.395 e. The molecule has 1 aromatic carbocycles. The lowest BCUT2D eigenvalue weighted by Gasteiger charge is -2.28. The molecule has 0 saturated carbocycles. The number of anilines is 2. The van der Waals surface area contributed by atoms with E-state index in [4.69, 9.17) is 5.73 Å². The summed E-state index contributed by atoms with van der Waals surface area (Å²) in [6.45, 7) is 9.52. The lowest BCUT2D eigenvalue weighted by atomic mass is 9.82. The number of para-hydroxylation sites is 1. The van der Waals surface area contributed by atoms with E-state index in [0.29, 0.717) is 11.6 Å². The Morgan fingerprint density at radius 3 is 2.56 bits per heavy atom. The van der Waals surface area contributed by atoms with E-state index in [-0.39, 0.29) is 16.9 Å². The van der Waals surface area contributed by atoms with Gasteiger partial charge in [-0.05, 0) is 23.5 Å². The first-order chi connectivity index (χ1) is 7.32. The molecular weight excluding hydrogens is 203 g/mol. The van der Waals surface area contributed by atoms with Crippen LogP contribution in [0.15, 0.2) is 18.2 Å². The number of hydrogen-bond donors (Lipinski definition) is 2. The second-order valence-corrected chi connectivity index (χ2v) is 5.35. The van der Waals surface area contributed by atoms with Crippen molar-refractivity contribution in [2.45, 2.75) is 27.7 Å². The fourth-order valence-corrected chi connectivity index (χ4v) is 1.26. The van der Waals surface area contributed by atoms with Crippen molar-refractivity contribution in [3.63, 3.8) is 0 Å². The highest BCUT2D eigenvalue weighted by Crippen LogP contribution is 2.27. The molecule has 0 spiro atoms. The highest BCUT2D eigenvalue weighted by atomic mass is 19.1. The summed E-state index contributed by atoms with van der Waals surface area (Å²) < 4.78 is 13.2. The van der Waals surface area contributed by atoms with Crippen molar-refractivity contribution < 1.29 is 4.39 Å². The summed E-state index contributed by atoms with van der Waals surface area (Å²) in [5.74, 6) is 0.114. The molecule has 0 aliphatic rings. The smallest absolute Gasteiger partial charge is 0.148 e. The number of nitrogens with one attached hydrogen (secondary N) is 1. The van der Waals surface area contributed by atoms with Gasteiger partial charge in [-0.3, -0.25) is 0 Å². The Hall–Kier alpha value is -1.25. The first kappa shape index (κ1) is 12.8. The number of rotatable bonds is 3. The molecule has 1 atom stereocenters. The standard InChI is InChI=1S/C13H21FN2/c1-9(13(2,3)4)8-16-11-7-5-6-10(14)12(11)15/h5-7,9,16H,8,15H2,1-4H3. The molecule has 0 bridgehead atoms. The lowest BCUT2D eigenvalue weighted by Crippen LogP contribution is -2.25. The maximum Gasteiger partial charge on any atom is 0.148 e. The van der Waals surface area contributed by atoms with Crippen LogP contribution in [0.5, 0.6) is 0 Å². The van der Waals surface area contributed by atoms with E-state index in [0.717, 1.165) is 6.54 Å². The number of nitrogen functional groups attached to an aromatic ring is 1. The summed E-state index contributed by atoms with van der Waals surface area (Å²) in [4.78, 5) is 0. The lowest BCUT2D eigenvalue weighted by molar-refractivity contribution is 0.274. The van der Waals surface area contributed by atoms with Crippen LogP contribution < -0.4 is 11.1 Å². The van der Waals surface area contributed by atoms with E-state index >= 15 is 0 Å². The molecule has 90 valence electrons. The molecule has 0 heterocycles. The van der Waals surface area contributed by atoms with Gasteiger partial charge < -0.3 is 11.1 Å². The predicted octanol–water partition coefficient (Wildman–Crippen LogP) is 3.50. The molecule has 16 heavy (non-hydrogen) atoms. The van der Waals surface area contributed by atoms with Gasteiger partial charge in [-0.25, -0.2) is 4.39 Å². The van der Waals surface area contributed by atoms with Crippen molar-refractivity contribution in [2.24, 2.45) is 11.3 Å². The van der Waals surface area contributed by atoms with Gasteiger partial charge in [-0.15, -0.1) is 0 Å². The zero-order valence-electron chi connectivity index (χ0n) is 10.5. The molecular formula is C13H21FN2. The summed E-state index contributed by atoms with van der Waals surface area (Å²) in [5.41, 5.74) is 6.75. The first-order valence-electron chi connectivity index (χ1n) is 5.60. The van der Waals surface area contributed by atoms with Crippen molar-refractivity contribution in [3.8, 4) is 0 Å². The number of halogens is 1. The van der Waals surface area contributed by atoms with E-state index in [2.05, 4.69) is 33.0 Å². The topological polar surface area (TPSA) is 38.0 Å². The predicted molar refractivity (Wildman–Crippen MR) is 67.9 cm³/mol. The molecule has 0 aliphatic heterocycles. The SMILES string of the molecule is CC(CNc1cccc(F)c1N)C(C)(C)C. The van der Waals surface area contributed by atoms with E-state index in [1.165, 1.54) is 6.07 Å². The van der Waals surface area contributed by atoms with Crippen LogP contribution in [0.3, 0.4) is 0 Å². The summed E-state index contributed by atoms with van der Waals surface area (Å²) in [7, 11) is 0. The summed E-state index contributed by atoms with van der Waals surface area (Å²) >= 11 is 0. The molecule has 3 heteroatoms. The van der Waals surface area contributed by atoms with Gasteiger partial charge in [0.15, 0.2) is 0 Å². The van der Waals surface area contributed by atoms with Crippen molar-refractivity contribution in [3.05, 3.63) is 24.0 Å². The van der Waals surface area contributed by atoms with Crippen molar-refractivity contribution in [2.75, 3.05) is 17.6 Å². The minimum absolute atomic E-state index is 0.198. The molecule has 0 amide bonds. The van der Waals surface area contributed by atoms with E-state index in [9.17, 15) is 4.39 Å². The van der Waals surface area contributed by atoms with Crippen LogP contribution in [-0.2, 0) is 0 Å². The first-order valence-corrected chi connectivity index (χ1v) is 5.60. The van der Waals surface area contributed by atoms with Crippen LogP contribution in [0.1, 0.15) is 27.7 Å². The molecule has 0 aromatic heterocycles. The van der Waals surface area contributed by atoms with Crippen molar-refractivity contribution in [1.29, 1.82) is 0 Å². The van der Waals surface area contributed by atoms with Gasteiger partial charge in [0.25, 0.3) is 0 Å². The highest BCUT2D eigenvalue weighted by Gasteiger charge is 2.19. The van der Waals surface area contributed by atoms with Crippen LogP contribution in [0.4, 0.5) is 15.8 Å². The Morgan fingerprint density at radius 1 is 1.38 bits per heavy atom. The Balaban J connectivity index is 2.65. The molecule has 0 radical (unpaired) electrons. The minimum atomic E-state index is -0.367. The van der Waals surface area contributed by atoms with Gasteiger partial charge in [0.2, 0.25) is 0 Å². The number of hydrogen-bond acceptors (Lipinski definition) is 2. The molecule has 0 saturated heterocycles. The molecule has 0 aliphatic carbocycles. The fourth-order valence-electron chi connectivity index (χ4n) is 1.26. The Labute approximate surface area is 97.0 Å². The average molecular weight is 224 g/mol. The van der Waals surface area contributed by atoms with E-state index in [1.54, 1.807) is 12.1 Å². The van der Waals surface area contributed by atoms with Gasteiger partial charge >= 0.3 is 0 Å². The zero-order valence-corrected chi connectivity index (χ0v) is 10.5. The molecule has 1 rings (SSSR count). The van der Waals surface area contributed by atoms with E-state index < -0.39 is 0 Å². The number of benzene rings is 1. The van der Waals surface area contributed by atoms with Gasteiger partial charge in [-0.1, -0.05) is 33.8 Å². The Bertz CT molecular complexity index is 355. The molecule has 1 aromatic rings. The van der Waals surface area contributed by atoms with Crippen LogP contribution in [0, 0.1) is 17.2 Å². The fraction of sp³-hybridized carbons (Fsp3) is 0.538. The second-order valence-electron chi connectivity index (χ2n) is 5.35. The van der Waals surface area contributed by atoms with Gasteiger partial charge in [0.1, 0.15) is 5.82 Å². The quantitative estimate of drug-likeness (QED) is 0.771. The average Bonchev–Trinajstić information content (AvgIpc) is 2.18. The Morgan fingerprint density at radius 2 is 2.00 bits per heavy atom. The highest BCUT2D eigenvalue weighted by molar-refractivity contribution is 5.66. The summed E-state index contributed by atoms with van der Waals surface area (Å²) in [6.07, 6.45) is 0. The van der Waals surface area contributed by atoms with Crippen LogP contribution in [0.2, 0.25) is 0 Å². The third-order valence-electron chi connectivity index (χ3n) is 3.13. The second kappa shape index (κ2) is 4.73.